The van der Waals surface area contributed by atoms with Crippen LogP contribution < -0.4 is 16.2 Å². The van der Waals surface area contributed by atoms with Crippen LogP contribution in [0.3, 0.4) is 0 Å². The number of rotatable bonds is 3. The van der Waals surface area contributed by atoms with E-state index >= 15 is 0 Å². The summed E-state index contributed by atoms with van der Waals surface area (Å²) in [6, 6.07) is 6.37. The number of nitrogens with two attached hydrogens (primary N) is 1. The highest BCUT2D eigenvalue weighted by Gasteiger charge is 2.25. The molecule has 1 aliphatic rings. The molecule has 0 bridgehead atoms. The van der Waals surface area contributed by atoms with Crippen LogP contribution in [-0.4, -0.2) is 23.9 Å². The van der Waals surface area contributed by atoms with Crippen molar-refractivity contribution in [1.82, 2.24) is 5.43 Å². The van der Waals surface area contributed by atoms with Gasteiger partial charge >= 0.3 is 0 Å². The highest BCUT2D eigenvalue weighted by atomic mass is 16.6. The summed E-state index contributed by atoms with van der Waals surface area (Å²) in [5.41, 5.74) is 3.13. The average molecular weight is 264 g/mol. The number of piperidine rings is 1. The van der Waals surface area contributed by atoms with E-state index in [1.165, 1.54) is 12.1 Å². The lowest BCUT2D eigenvalue weighted by atomic mass is 9.97. The Bertz CT molecular complexity index is 474. The number of carbonyl (C=O) groups is 1. The van der Waals surface area contributed by atoms with Crippen molar-refractivity contribution in [3.63, 3.8) is 0 Å². The maximum atomic E-state index is 11.5. The van der Waals surface area contributed by atoms with Gasteiger partial charge in [-0.25, -0.2) is 5.84 Å². The molecule has 1 aromatic carbocycles. The van der Waals surface area contributed by atoms with Crippen molar-refractivity contribution in [2.24, 2.45) is 11.8 Å². The monoisotopic (exact) mass is 264 g/mol. The Hall–Kier alpha value is -2.15. The van der Waals surface area contributed by atoms with E-state index < -0.39 is 4.92 Å². The normalized spacial score (nSPS) is 19.0. The zero-order valence-corrected chi connectivity index (χ0v) is 10.4. The second-order valence-electron chi connectivity index (χ2n) is 4.57. The number of hydrogen-bond donors (Lipinski definition) is 2. The first-order valence-corrected chi connectivity index (χ1v) is 6.11. The average Bonchev–Trinajstić information content (AvgIpc) is 2.46. The molecule has 0 spiro atoms. The third-order valence-electron chi connectivity index (χ3n) is 3.36. The van der Waals surface area contributed by atoms with Gasteiger partial charge in [-0.05, 0) is 25.0 Å². The van der Waals surface area contributed by atoms with Gasteiger partial charge in [-0.3, -0.25) is 20.3 Å². The molecule has 1 heterocycles. The molecule has 1 aliphatic heterocycles. The summed E-state index contributed by atoms with van der Waals surface area (Å²) in [6.45, 7) is 1.42. The van der Waals surface area contributed by atoms with Crippen LogP contribution in [0.15, 0.2) is 24.3 Å². The number of benzene rings is 1. The van der Waals surface area contributed by atoms with E-state index in [9.17, 15) is 14.9 Å². The molecule has 0 radical (unpaired) electrons. The fourth-order valence-corrected chi connectivity index (χ4v) is 2.33. The number of carbonyl (C=O) groups excluding carboxylic acids is 1. The van der Waals surface area contributed by atoms with Crippen LogP contribution in [0.1, 0.15) is 12.8 Å². The Morgan fingerprint density at radius 2 is 2.11 bits per heavy atom. The summed E-state index contributed by atoms with van der Waals surface area (Å²) in [5.74, 6) is 4.86. The quantitative estimate of drug-likeness (QED) is 0.364. The molecule has 1 atom stereocenters. The smallest absolute Gasteiger partial charge is 0.269 e. The van der Waals surface area contributed by atoms with Gasteiger partial charge in [0.15, 0.2) is 0 Å². The summed E-state index contributed by atoms with van der Waals surface area (Å²) in [5, 5.41) is 10.6. The molecule has 19 heavy (non-hydrogen) atoms. The maximum Gasteiger partial charge on any atom is 0.269 e. The Morgan fingerprint density at radius 1 is 1.42 bits per heavy atom. The molecule has 0 aromatic heterocycles. The van der Waals surface area contributed by atoms with Gasteiger partial charge in [0, 0.05) is 30.9 Å². The summed E-state index contributed by atoms with van der Waals surface area (Å²) < 4.78 is 0. The molecule has 3 N–H and O–H groups in total. The van der Waals surface area contributed by atoms with Crippen molar-refractivity contribution in [2.45, 2.75) is 12.8 Å². The summed E-state index contributed by atoms with van der Waals surface area (Å²) >= 11 is 0. The second-order valence-corrected chi connectivity index (χ2v) is 4.57. The molecule has 7 heteroatoms. The minimum Gasteiger partial charge on any atom is -0.371 e. The molecule has 1 amide bonds. The van der Waals surface area contributed by atoms with Gasteiger partial charge < -0.3 is 4.90 Å². The number of amides is 1. The predicted molar refractivity (Wildman–Crippen MR) is 70.4 cm³/mol. The molecule has 2 rings (SSSR count). The number of non-ortho nitro benzene ring substituents is 1. The molecule has 1 saturated heterocycles. The van der Waals surface area contributed by atoms with Crippen LogP contribution >= 0.6 is 0 Å². The molecule has 1 aromatic rings. The van der Waals surface area contributed by atoms with Gasteiger partial charge in [0.2, 0.25) is 5.91 Å². The third kappa shape index (κ3) is 3.00. The van der Waals surface area contributed by atoms with Gasteiger partial charge in [0.05, 0.1) is 10.8 Å². The Morgan fingerprint density at radius 3 is 2.68 bits per heavy atom. The zero-order valence-electron chi connectivity index (χ0n) is 10.4. The van der Waals surface area contributed by atoms with Crippen LogP contribution in [0.25, 0.3) is 0 Å². The lowest BCUT2D eigenvalue weighted by molar-refractivity contribution is -0.384. The fourth-order valence-electron chi connectivity index (χ4n) is 2.33. The second kappa shape index (κ2) is 5.66. The van der Waals surface area contributed by atoms with Crippen LogP contribution in [0.4, 0.5) is 11.4 Å². The molecule has 1 fully saturated rings. The summed E-state index contributed by atoms with van der Waals surface area (Å²) in [7, 11) is 0. The molecule has 0 aliphatic carbocycles. The minimum absolute atomic E-state index is 0.0667. The summed E-state index contributed by atoms with van der Waals surface area (Å²) in [6.07, 6.45) is 1.71. The molecule has 0 saturated carbocycles. The number of hydrazine groups is 1. The SMILES string of the molecule is NNC(=O)[C@@H]1CCCN(c2ccc([N+](=O)[O-])cc2)C1. The molecular formula is C12H16N4O3. The maximum absolute atomic E-state index is 11.5. The van der Waals surface area contributed by atoms with Crippen molar-refractivity contribution in [3.8, 4) is 0 Å². The number of nitrogens with zero attached hydrogens (tertiary/aromatic N) is 2. The molecule has 102 valence electrons. The minimum atomic E-state index is -0.426. The Balaban J connectivity index is 2.08. The molecular weight excluding hydrogens is 248 g/mol. The molecule has 7 nitrogen and oxygen atoms in total. The van der Waals surface area contributed by atoms with Crippen LogP contribution in [-0.2, 0) is 4.79 Å². The largest absolute Gasteiger partial charge is 0.371 e. The fraction of sp³-hybridized carbons (Fsp3) is 0.417. The van der Waals surface area contributed by atoms with Gasteiger partial charge in [-0.15, -0.1) is 0 Å². The van der Waals surface area contributed by atoms with Crippen molar-refractivity contribution < 1.29 is 9.72 Å². The topological polar surface area (TPSA) is 102 Å². The van der Waals surface area contributed by atoms with Gasteiger partial charge in [-0.2, -0.15) is 0 Å². The Kier molecular flexibility index (Phi) is 3.96. The van der Waals surface area contributed by atoms with E-state index in [1.54, 1.807) is 12.1 Å². The third-order valence-corrected chi connectivity index (χ3v) is 3.36. The van der Waals surface area contributed by atoms with Gasteiger partial charge in [0.25, 0.3) is 5.69 Å². The van der Waals surface area contributed by atoms with E-state index in [-0.39, 0.29) is 17.5 Å². The number of anilines is 1. The van der Waals surface area contributed by atoms with Crippen LogP contribution in [0, 0.1) is 16.0 Å². The van der Waals surface area contributed by atoms with E-state index in [1.807, 2.05) is 4.90 Å². The number of nitro groups is 1. The van der Waals surface area contributed by atoms with Crippen LogP contribution in [0.2, 0.25) is 0 Å². The number of nitro benzene ring substituents is 1. The van der Waals surface area contributed by atoms with Gasteiger partial charge in [0.1, 0.15) is 0 Å². The lowest BCUT2D eigenvalue weighted by Gasteiger charge is -2.33. The summed E-state index contributed by atoms with van der Waals surface area (Å²) in [4.78, 5) is 23.8. The van der Waals surface area contributed by atoms with Gasteiger partial charge in [-0.1, -0.05) is 0 Å². The van der Waals surface area contributed by atoms with E-state index in [0.29, 0.717) is 6.54 Å². The highest BCUT2D eigenvalue weighted by Crippen LogP contribution is 2.25. The van der Waals surface area contributed by atoms with Crippen molar-refractivity contribution in [3.05, 3.63) is 34.4 Å². The first-order valence-electron chi connectivity index (χ1n) is 6.11. The van der Waals surface area contributed by atoms with Crippen LogP contribution in [0.5, 0.6) is 0 Å². The highest BCUT2D eigenvalue weighted by molar-refractivity contribution is 5.79. The van der Waals surface area contributed by atoms with Crippen molar-refractivity contribution in [2.75, 3.05) is 18.0 Å². The number of hydrogen-bond acceptors (Lipinski definition) is 5. The van der Waals surface area contributed by atoms with E-state index in [4.69, 9.17) is 5.84 Å². The van der Waals surface area contributed by atoms with E-state index in [2.05, 4.69) is 5.43 Å². The van der Waals surface area contributed by atoms with Crippen molar-refractivity contribution >= 4 is 17.3 Å². The first kappa shape index (κ1) is 13.3. The molecule has 0 unspecified atom stereocenters. The van der Waals surface area contributed by atoms with E-state index in [0.717, 1.165) is 25.1 Å². The predicted octanol–water partition coefficient (Wildman–Crippen LogP) is 0.801. The first-order chi connectivity index (χ1) is 9.11. The van der Waals surface area contributed by atoms with Crippen molar-refractivity contribution in [1.29, 1.82) is 0 Å². The zero-order chi connectivity index (χ0) is 13.8. The standard InChI is InChI=1S/C12H16N4O3/c13-14-12(17)9-2-1-7-15(8-9)10-3-5-11(6-4-10)16(18)19/h3-6,9H,1-2,7-8,13H2,(H,14,17)/t9-/m1/s1. The Labute approximate surface area is 110 Å². The number of nitrogens with one attached hydrogen (secondary N) is 1. The lowest BCUT2D eigenvalue weighted by Crippen LogP contribution is -2.45.